The average molecular weight is 289 g/mol. The van der Waals surface area contributed by atoms with Gasteiger partial charge in [0.1, 0.15) is 11.9 Å². The zero-order valence-electron chi connectivity index (χ0n) is 14.3. The standard InChI is InChI=1S/C19H31NO/c1-14(2)10-15(13-20-19(3,4)5)11-17-12-16-8-6-7-9-18(16)21-17/h6-9,14-15,17,20H,10-13H2,1-5H3. The maximum Gasteiger partial charge on any atom is 0.123 e. The summed E-state index contributed by atoms with van der Waals surface area (Å²) in [5, 5.41) is 3.67. The molecule has 0 radical (unpaired) electrons. The highest BCUT2D eigenvalue weighted by molar-refractivity contribution is 5.37. The van der Waals surface area contributed by atoms with Gasteiger partial charge in [0, 0.05) is 12.0 Å². The second-order valence-electron chi connectivity index (χ2n) is 7.91. The second-order valence-corrected chi connectivity index (χ2v) is 7.91. The Kier molecular flexibility index (Phi) is 5.32. The normalized spacial score (nSPS) is 19.4. The van der Waals surface area contributed by atoms with E-state index in [1.165, 1.54) is 12.0 Å². The topological polar surface area (TPSA) is 21.3 Å². The zero-order valence-corrected chi connectivity index (χ0v) is 14.3. The van der Waals surface area contributed by atoms with Gasteiger partial charge in [-0.2, -0.15) is 0 Å². The summed E-state index contributed by atoms with van der Waals surface area (Å²) in [5.74, 6) is 2.51. The molecule has 0 spiro atoms. The summed E-state index contributed by atoms with van der Waals surface area (Å²) in [6, 6.07) is 8.46. The van der Waals surface area contributed by atoms with E-state index in [1.54, 1.807) is 0 Å². The molecule has 0 aliphatic carbocycles. The molecule has 0 fully saturated rings. The zero-order chi connectivity index (χ0) is 15.5. The van der Waals surface area contributed by atoms with E-state index >= 15 is 0 Å². The van der Waals surface area contributed by atoms with Crippen LogP contribution in [-0.2, 0) is 6.42 Å². The molecule has 1 N–H and O–H groups in total. The van der Waals surface area contributed by atoms with Crippen LogP contribution in [0.2, 0.25) is 0 Å². The van der Waals surface area contributed by atoms with Crippen LogP contribution >= 0.6 is 0 Å². The molecule has 21 heavy (non-hydrogen) atoms. The van der Waals surface area contributed by atoms with Gasteiger partial charge in [0.2, 0.25) is 0 Å². The first-order chi connectivity index (χ1) is 9.83. The van der Waals surface area contributed by atoms with Gasteiger partial charge < -0.3 is 10.1 Å². The smallest absolute Gasteiger partial charge is 0.123 e. The molecule has 0 saturated heterocycles. The molecule has 2 unspecified atom stereocenters. The summed E-state index contributed by atoms with van der Waals surface area (Å²) in [4.78, 5) is 0. The van der Waals surface area contributed by atoms with Crippen molar-refractivity contribution in [1.29, 1.82) is 0 Å². The molecule has 1 aliphatic rings. The molecule has 2 atom stereocenters. The fourth-order valence-electron chi connectivity index (χ4n) is 3.14. The third-order valence-corrected chi connectivity index (χ3v) is 4.04. The molecule has 0 saturated carbocycles. The van der Waals surface area contributed by atoms with Crippen LogP contribution in [0.15, 0.2) is 24.3 Å². The van der Waals surface area contributed by atoms with Gasteiger partial charge in [0.05, 0.1) is 0 Å². The second kappa shape index (κ2) is 6.83. The molecular formula is C19H31NO. The molecule has 0 aromatic heterocycles. The van der Waals surface area contributed by atoms with Gasteiger partial charge in [0.25, 0.3) is 0 Å². The van der Waals surface area contributed by atoms with Crippen molar-refractivity contribution in [3.8, 4) is 5.75 Å². The van der Waals surface area contributed by atoms with E-state index in [-0.39, 0.29) is 5.54 Å². The monoisotopic (exact) mass is 289 g/mol. The van der Waals surface area contributed by atoms with E-state index < -0.39 is 0 Å². The molecule has 2 rings (SSSR count). The molecule has 0 bridgehead atoms. The van der Waals surface area contributed by atoms with Crippen molar-refractivity contribution in [1.82, 2.24) is 5.32 Å². The molecule has 2 heteroatoms. The Balaban J connectivity index is 1.90. The van der Waals surface area contributed by atoms with Crippen molar-refractivity contribution in [3.63, 3.8) is 0 Å². The van der Waals surface area contributed by atoms with Crippen LogP contribution in [0.3, 0.4) is 0 Å². The van der Waals surface area contributed by atoms with Crippen molar-refractivity contribution in [3.05, 3.63) is 29.8 Å². The predicted octanol–water partition coefficient (Wildman–Crippen LogP) is 4.43. The molecular weight excluding hydrogens is 258 g/mol. The van der Waals surface area contributed by atoms with Crippen LogP contribution in [0.1, 0.15) is 53.0 Å². The lowest BCUT2D eigenvalue weighted by Gasteiger charge is -2.27. The van der Waals surface area contributed by atoms with E-state index in [2.05, 4.69) is 64.2 Å². The van der Waals surface area contributed by atoms with E-state index in [4.69, 9.17) is 4.74 Å². The molecule has 1 aromatic rings. The van der Waals surface area contributed by atoms with Crippen molar-refractivity contribution < 1.29 is 4.74 Å². The summed E-state index contributed by atoms with van der Waals surface area (Å²) in [6.45, 7) is 12.4. The first-order valence-electron chi connectivity index (χ1n) is 8.33. The van der Waals surface area contributed by atoms with Gasteiger partial charge >= 0.3 is 0 Å². The highest BCUT2D eigenvalue weighted by Crippen LogP contribution is 2.32. The molecule has 1 aromatic carbocycles. The maximum atomic E-state index is 6.12. The van der Waals surface area contributed by atoms with Gasteiger partial charge in [-0.3, -0.25) is 0 Å². The van der Waals surface area contributed by atoms with Crippen molar-refractivity contribution >= 4 is 0 Å². The lowest BCUT2D eigenvalue weighted by atomic mass is 9.90. The number of ether oxygens (including phenoxy) is 1. The Labute approximate surface area is 130 Å². The fraction of sp³-hybridized carbons (Fsp3) is 0.684. The van der Waals surface area contributed by atoms with Gasteiger partial charge in [-0.15, -0.1) is 0 Å². The number of nitrogens with one attached hydrogen (secondary N) is 1. The van der Waals surface area contributed by atoms with Crippen molar-refractivity contribution in [2.75, 3.05) is 6.54 Å². The molecule has 1 heterocycles. The van der Waals surface area contributed by atoms with Gasteiger partial charge in [-0.1, -0.05) is 32.0 Å². The lowest BCUT2D eigenvalue weighted by molar-refractivity contribution is 0.177. The quantitative estimate of drug-likeness (QED) is 0.836. The number of para-hydroxylation sites is 1. The van der Waals surface area contributed by atoms with Gasteiger partial charge in [-0.05, 0) is 63.6 Å². The van der Waals surface area contributed by atoms with Crippen LogP contribution in [0.4, 0.5) is 0 Å². The highest BCUT2D eigenvalue weighted by atomic mass is 16.5. The third kappa shape index (κ3) is 5.35. The number of benzene rings is 1. The minimum Gasteiger partial charge on any atom is -0.490 e. The Morgan fingerprint density at radius 1 is 1.24 bits per heavy atom. The van der Waals surface area contributed by atoms with E-state index in [1.807, 2.05) is 0 Å². The van der Waals surface area contributed by atoms with Crippen molar-refractivity contribution in [2.45, 2.75) is 65.5 Å². The first kappa shape index (κ1) is 16.4. The van der Waals surface area contributed by atoms with E-state index in [0.717, 1.165) is 31.1 Å². The number of fused-ring (bicyclic) bond motifs is 1. The lowest BCUT2D eigenvalue weighted by Crippen LogP contribution is -2.40. The van der Waals surface area contributed by atoms with Gasteiger partial charge in [-0.25, -0.2) is 0 Å². The Morgan fingerprint density at radius 2 is 1.95 bits per heavy atom. The Bertz CT molecular complexity index is 422. The SMILES string of the molecule is CC(C)CC(CNC(C)(C)C)CC1Cc2ccccc2O1. The first-order valence-corrected chi connectivity index (χ1v) is 8.33. The molecule has 118 valence electrons. The summed E-state index contributed by atoms with van der Waals surface area (Å²) in [6.07, 6.45) is 3.84. The van der Waals surface area contributed by atoms with Crippen LogP contribution in [0.25, 0.3) is 0 Å². The van der Waals surface area contributed by atoms with Crippen LogP contribution in [0.5, 0.6) is 5.75 Å². The molecule has 1 aliphatic heterocycles. The predicted molar refractivity (Wildman–Crippen MR) is 89.9 cm³/mol. The minimum absolute atomic E-state index is 0.189. The summed E-state index contributed by atoms with van der Waals surface area (Å²) >= 11 is 0. The summed E-state index contributed by atoms with van der Waals surface area (Å²) in [7, 11) is 0. The Hall–Kier alpha value is -1.02. The molecule has 2 nitrogen and oxygen atoms in total. The number of hydrogen-bond acceptors (Lipinski definition) is 2. The number of rotatable bonds is 6. The van der Waals surface area contributed by atoms with Crippen LogP contribution in [-0.4, -0.2) is 18.2 Å². The largest absolute Gasteiger partial charge is 0.490 e. The van der Waals surface area contributed by atoms with Crippen molar-refractivity contribution in [2.24, 2.45) is 11.8 Å². The molecule has 0 amide bonds. The van der Waals surface area contributed by atoms with Crippen LogP contribution < -0.4 is 10.1 Å². The fourth-order valence-corrected chi connectivity index (χ4v) is 3.14. The number of hydrogen-bond donors (Lipinski definition) is 1. The maximum absolute atomic E-state index is 6.12. The minimum atomic E-state index is 0.189. The van der Waals surface area contributed by atoms with E-state index in [9.17, 15) is 0 Å². The summed E-state index contributed by atoms with van der Waals surface area (Å²) < 4.78 is 6.12. The van der Waals surface area contributed by atoms with E-state index in [0.29, 0.717) is 12.0 Å². The third-order valence-electron chi connectivity index (χ3n) is 4.04. The Morgan fingerprint density at radius 3 is 2.57 bits per heavy atom. The van der Waals surface area contributed by atoms with Crippen LogP contribution in [0, 0.1) is 11.8 Å². The summed E-state index contributed by atoms with van der Waals surface area (Å²) in [5.41, 5.74) is 1.56. The average Bonchev–Trinajstić information content (AvgIpc) is 2.76. The highest BCUT2D eigenvalue weighted by Gasteiger charge is 2.26. The van der Waals surface area contributed by atoms with Gasteiger partial charge in [0.15, 0.2) is 0 Å².